The monoisotopic (exact) mass is 383 g/mol. The van der Waals surface area contributed by atoms with Gasteiger partial charge in [0.05, 0.1) is 16.9 Å². The highest BCUT2D eigenvalue weighted by molar-refractivity contribution is 7.16. The van der Waals surface area contributed by atoms with Gasteiger partial charge in [0, 0.05) is 42.5 Å². The molecule has 1 aliphatic rings. The fraction of sp³-hybridized carbons (Fsp3) is 0.471. The van der Waals surface area contributed by atoms with E-state index in [1.165, 1.54) is 9.75 Å². The molecule has 3 rings (SSSR count). The predicted octanol–water partition coefficient (Wildman–Crippen LogP) is 3.29. The molecule has 24 heavy (non-hydrogen) atoms. The van der Waals surface area contributed by atoms with Gasteiger partial charge in [0.25, 0.3) is 0 Å². The normalized spacial score (nSPS) is 17.8. The molecule has 0 aliphatic carbocycles. The van der Waals surface area contributed by atoms with Crippen molar-refractivity contribution >= 4 is 40.2 Å². The summed E-state index contributed by atoms with van der Waals surface area (Å²) < 4.78 is 0.847. The second-order valence-corrected chi connectivity index (χ2v) is 8.82. The Balaban J connectivity index is 1.42. The van der Waals surface area contributed by atoms with Crippen molar-refractivity contribution in [2.75, 3.05) is 26.2 Å². The first-order valence-corrected chi connectivity index (χ1v) is 10.2. The summed E-state index contributed by atoms with van der Waals surface area (Å²) in [5.41, 5.74) is 0. The maximum atomic E-state index is 12.3. The van der Waals surface area contributed by atoms with Crippen LogP contribution in [0.1, 0.15) is 16.7 Å². The van der Waals surface area contributed by atoms with Crippen LogP contribution in [0.25, 0.3) is 0 Å². The van der Waals surface area contributed by atoms with Gasteiger partial charge in [0.1, 0.15) is 0 Å². The van der Waals surface area contributed by atoms with Gasteiger partial charge >= 0.3 is 0 Å². The van der Waals surface area contributed by atoms with Crippen molar-refractivity contribution in [2.24, 2.45) is 0 Å². The largest absolute Gasteiger partial charge is 0.350 e. The second-order valence-electron chi connectivity index (χ2n) is 5.99. The highest BCUT2D eigenvalue weighted by Gasteiger charge is 2.25. The molecule has 3 heterocycles. The second kappa shape index (κ2) is 8.45. The van der Waals surface area contributed by atoms with Gasteiger partial charge in [-0.15, -0.1) is 22.7 Å². The summed E-state index contributed by atoms with van der Waals surface area (Å²) in [7, 11) is 0. The summed E-state index contributed by atoms with van der Waals surface area (Å²) in [6.45, 7) is 7.39. The van der Waals surface area contributed by atoms with Crippen LogP contribution in [0.4, 0.5) is 0 Å². The quantitative estimate of drug-likeness (QED) is 0.831. The fourth-order valence-electron chi connectivity index (χ4n) is 2.87. The third kappa shape index (κ3) is 4.80. The maximum Gasteiger partial charge on any atom is 0.237 e. The molecule has 1 aliphatic heterocycles. The lowest BCUT2D eigenvalue weighted by Gasteiger charge is -2.37. The van der Waals surface area contributed by atoms with Crippen LogP contribution in [0.5, 0.6) is 0 Å². The van der Waals surface area contributed by atoms with Crippen molar-refractivity contribution in [3.63, 3.8) is 0 Å². The number of hydrogen-bond donors (Lipinski definition) is 1. The number of nitrogens with zero attached hydrogens (tertiary/aromatic N) is 2. The minimum Gasteiger partial charge on any atom is -0.350 e. The van der Waals surface area contributed by atoms with Crippen LogP contribution in [0.2, 0.25) is 4.34 Å². The van der Waals surface area contributed by atoms with Crippen LogP contribution in [0, 0.1) is 0 Å². The van der Waals surface area contributed by atoms with Gasteiger partial charge in [0.15, 0.2) is 0 Å². The SMILES string of the molecule is CC(C(=O)NCc1cccs1)N1CCN(Cc2ccc(Cl)s2)CC1. The molecule has 4 nitrogen and oxygen atoms in total. The Morgan fingerprint density at radius 3 is 2.67 bits per heavy atom. The van der Waals surface area contributed by atoms with Crippen LogP contribution in [-0.4, -0.2) is 47.9 Å². The molecule has 0 aromatic carbocycles. The van der Waals surface area contributed by atoms with Crippen LogP contribution >= 0.6 is 34.3 Å². The highest BCUT2D eigenvalue weighted by atomic mass is 35.5. The molecule has 0 radical (unpaired) electrons. The molecule has 1 atom stereocenters. The Hall–Kier alpha value is -0.920. The van der Waals surface area contributed by atoms with E-state index < -0.39 is 0 Å². The maximum absolute atomic E-state index is 12.3. The molecule has 1 amide bonds. The van der Waals surface area contributed by atoms with Crippen molar-refractivity contribution in [1.82, 2.24) is 15.1 Å². The van der Waals surface area contributed by atoms with Crippen molar-refractivity contribution in [3.05, 3.63) is 43.7 Å². The zero-order valence-corrected chi connectivity index (χ0v) is 16.1. The van der Waals surface area contributed by atoms with E-state index in [9.17, 15) is 4.79 Å². The number of amides is 1. The first-order valence-electron chi connectivity index (χ1n) is 8.12. The average molecular weight is 384 g/mol. The first-order chi connectivity index (χ1) is 11.6. The van der Waals surface area contributed by atoms with E-state index in [2.05, 4.69) is 21.2 Å². The molecule has 0 spiro atoms. The summed E-state index contributed by atoms with van der Waals surface area (Å²) in [4.78, 5) is 19.5. The van der Waals surface area contributed by atoms with Gasteiger partial charge in [0.2, 0.25) is 5.91 Å². The molecule has 1 saturated heterocycles. The van der Waals surface area contributed by atoms with Crippen LogP contribution < -0.4 is 5.32 Å². The van der Waals surface area contributed by atoms with Gasteiger partial charge in [-0.3, -0.25) is 14.6 Å². The van der Waals surface area contributed by atoms with E-state index in [1.807, 2.05) is 30.5 Å². The van der Waals surface area contributed by atoms with Gasteiger partial charge in [-0.25, -0.2) is 0 Å². The minimum absolute atomic E-state index is 0.0803. The van der Waals surface area contributed by atoms with Crippen molar-refractivity contribution in [2.45, 2.75) is 26.1 Å². The Kier molecular flexibility index (Phi) is 6.30. The Bertz CT molecular complexity index is 651. The smallest absolute Gasteiger partial charge is 0.237 e. The molecule has 0 bridgehead atoms. The third-order valence-corrected chi connectivity index (χ3v) is 6.45. The third-order valence-electron chi connectivity index (χ3n) is 4.36. The van der Waals surface area contributed by atoms with Gasteiger partial charge < -0.3 is 5.32 Å². The highest BCUT2D eigenvalue weighted by Crippen LogP contribution is 2.23. The lowest BCUT2D eigenvalue weighted by atomic mass is 10.2. The van der Waals surface area contributed by atoms with Gasteiger partial charge in [-0.05, 0) is 30.5 Å². The average Bonchev–Trinajstić information content (AvgIpc) is 3.24. The van der Waals surface area contributed by atoms with Crippen molar-refractivity contribution < 1.29 is 4.79 Å². The summed E-state index contributed by atoms with van der Waals surface area (Å²) in [5, 5.41) is 5.07. The number of rotatable bonds is 6. The van der Waals surface area contributed by atoms with E-state index in [0.717, 1.165) is 37.1 Å². The van der Waals surface area contributed by atoms with E-state index in [-0.39, 0.29) is 11.9 Å². The fourth-order valence-corrected chi connectivity index (χ4v) is 4.64. The summed E-state index contributed by atoms with van der Waals surface area (Å²) >= 11 is 9.31. The Labute approximate surface area is 156 Å². The number of nitrogens with one attached hydrogen (secondary N) is 1. The van der Waals surface area contributed by atoms with Crippen molar-refractivity contribution in [1.29, 1.82) is 0 Å². The standard InChI is InChI=1S/C17H22ClN3OS2/c1-13(17(22)19-11-14-3-2-10-23-14)21-8-6-20(7-9-21)12-15-4-5-16(18)24-15/h2-5,10,13H,6-9,11-12H2,1H3,(H,19,22). The number of piperazine rings is 1. The lowest BCUT2D eigenvalue weighted by molar-refractivity contribution is -0.126. The number of thiophene rings is 2. The number of carbonyl (C=O) groups excluding carboxylic acids is 1. The molecule has 7 heteroatoms. The molecule has 0 saturated carbocycles. The lowest BCUT2D eigenvalue weighted by Crippen LogP contribution is -2.53. The number of halogens is 1. The molecule has 2 aromatic heterocycles. The first kappa shape index (κ1) is 17.9. The van der Waals surface area contributed by atoms with E-state index >= 15 is 0 Å². The predicted molar refractivity (Wildman–Crippen MR) is 102 cm³/mol. The summed E-state index contributed by atoms with van der Waals surface area (Å²) in [5.74, 6) is 0.113. The zero-order chi connectivity index (χ0) is 16.9. The van der Waals surface area contributed by atoms with E-state index in [4.69, 9.17) is 11.6 Å². The van der Waals surface area contributed by atoms with Gasteiger partial charge in [-0.1, -0.05) is 17.7 Å². The Morgan fingerprint density at radius 1 is 1.25 bits per heavy atom. The van der Waals surface area contributed by atoms with Crippen LogP contribution in [0.15, 0.2) is 29.6 Å². The van der Waals surface area contributed by atoms with Crippen LogP contribution in [-0.2, 0) is 17.9 Å². The molecule has 2 aromatic rings. The van der Waals surface area contributed by atoms with Gasteiger partial charge in [-0.2, -0.15) is 0 Å². The van der Waals surface area contributed by atoms with Crippen molar-refractivity contribution in [3.8, 4) is 0 Å². The summed E-state index contributed by atoms with van der Waals surface area (Å²) in [6, 6.07) is 8.03. The minimum atomic E-state index is -0.0803. The van der Waals surface area contributed by atoms with Crippen LogP contribution in [0.3, 0.4) is 0 Å². The molecular weight excluding hydrogens is 362 g/mol. The molecule has 1 unspecified atom stereocenters. The van der Waals surface area contributed by atoms with E-state index in [1.54, 1.807) is 22.7 Å². The number of carbonyl (C=O) groups is 1. The summed E-state index contributed by atoms with van der Waals surface area (Å²) in [6.07, 6.45) is 0. The molecular formula is C17H22ClN3OS2. The Morgan fingerprint density at radius 2 is 2.04 bits per heavy atom. The molecule has 130 valence electrons. The topological polar surface area (TPSA) is 35.6 Å². The zero-order valence-electron chi connectivity index (χ0n) is 13.7. The van der Waals surface area contributed by atoms with E-state index in [0.29, 0.717) is 6.54 Å². The molecule has 1 fully saturated rings. The molecule has 1 N–H and O–H groups in total. The number of hydrogen-bond acceptors (Lipinski definition) is 5.